The van der Waals surface area contributed by atoms with Crippen molar-refractivity contribution >= 4 is 21.6 Å². The molecule has 1 rings (SSSR count). The summed E-state index contributed by atoms with van der Waals surface area (Å²) in [5, 5.41) is 2.80. The van der Waals surface area contributed by atoms with Crippen molar-refractivity contribution < 1.29 is 13.2 Å². The van der Waals surface area contributed by atoms with Crippen LogP contribution in [0.2, 0.25) is 0 Å². The topological polar surface area (TPSA) is 66.5 Å². The second-order valence-electron chi connectivity index (χ2n) is 5.81. The maximum atomic E-state index is 12.2. The zero-order valence-corrected chi connectivity index (χ0v) is 13.4. The third-order valence-electron chi connectivity index (χ3n) is 2.60. The van der Waals surface area contributed by atoms with Gasteiger partial charge in [-0.15, -0.1) is 0 Å². The fraction of sp³-hybridized carbons (Fsp3) is 0.500. The lowest BCUT2D eigenvalue weighted by Gasteiger charge is -2.31. The lowest BCUT2D eigenvalue weighted by Crippen LogP contribution is -2.52. The number of hydrogen-bond donors (Lipinski definition) is 1. The first-order valence-corrected chi connectivity index (χ1v) is 8.24. The summed E-state index contributed by atoms with van der Waals surface area (Å²) in [6, 6.07) is 7.80. The molecule has 0 fully saturated rings. The number of amides is 1. The molecule has 0 aliphatic carbocycles. The van der Waals surface area contributed by atoms with Crippen molar-refractivity contribution in [2.24, 2.45) is 0 Å². The standard InChI is InChI=1S/C14H22N2O3S/c1-11(13(17)15-14(2,3)4)16(20(5,18)19)12-9-7-6-8-10-12/h6-11H,1-5H3,(H,15,17)/t11-/m0/s1. The third kappa shape index (κ3) is 4.52. The maximum absolute atomic E-state index is 12.2. The van der Waals surface area contributed by atoms with Crippen LogP contribution in [0.15, 0.2) is 30.3 Å². The Hall–Kier alpha value is -1.56. The van der Waals surface area contributed by atoms with Gasteiger partial charge in [0.15, 0.2) is 0 Å². The number of sulfonamides is 1. The highest BCUT2D eigenvalue weighted by atomic mass is 32.2. The van der Waals surface area contributed by atoms with Gasteiger partial charge in [-0.3, -0.25) is 9.10 Å². The zero-order chi connectivity index (χ0) is 15.6. The van der Waals surface area contributed by atoms with Gasteiger partial charge in [0.1, 0.15) is 6.04 Å². The van der Waals surface area contributed by atoms with Crippen LogP contribution in [-0.2, 0) is 14.8 Å². The molecule has 1 aromatic carbocycles. The van der Waals surface area contributed by atoms with E-state index in [4.69, 9.17) is 0 Å². The summed E-state index contributed by atoms with van der Waals surface area (Å²) in [4.78, 5) is 12.2. The van der Waals surface area contributed by atoms with E-state index in [0.717, 1.165) is 10.6 Å². The average Bonchev–Trinajstić information content (AvgIpc) is 2.26. The van der Waals surface area contributed by atoms with Crippen LogP contribution in [0.3, 0.4) is 0 Å². The highest BCUT2D eigenvalue weighted by Gasteiger charge is 2.30. The first-order valence-electron chi connectivity index (χ1n) is 6.39. The molecule has 0 saturated carbocycles. The van der Waals surface area contributed by atoms with Gasteiger partial charge in [0.2, 0.25) is 15.9 Å². The molecule has 0 bridgehead atoms. The van der Waals surface area contributed by atoms with Crippen molar-refractivity contribution in [2.75, 3.05) is 10.6 Å². The summed E-state index contributed by atoms with van der Waals surface area (Å²) in [7, 11) is -3.55. The van der Waals surface area contributed by atoms with Crippen molar-refractivity contribution in [1.29, 1.82) is 0 Å². The molecule has 5 nitrogen and oxygen atoms in total. The lowest BCUT2D eigenvalue weighted by atomic mass is 10.1. The quantitative estimate of drug-likeness (QED) is 0.921. The third-order valence-corrected chi connectivity index (χ3v) is 3.84. The van der Waals surface area contributed by atoms with Crippen molar-refractivity contribution in [3.63, 3.8) is 0 Å². The van der Waals surface area contributed by atoms with Gasteiger partial charge in [-0.1, -0.05) is 18.2 Å². The second kappa shape index (κ2) is 5.83. The molecule has 0 radical (unpaired) electrons. The molecule has 0 aliphatic rings. The molecule has 0 aliphatic heterocycles. The Bertz CT molecular complexity index is 562. The van der Waals surface area contributed by atoms with Gasteiger partial charge in [-0.25, -0.2) is 8.42 Å². The SMILES string of the molecule is C[C@@H](C(=O)NC(C)(C)C)N(c1ccccc1)S(C)(=O)=O. The van der Waals surface area contributed by atoms with Crippen molar-refractivity contribution in [3.8, 4) is 0 Å². The van der Waals surface area contributed by atoms with Crippen LogP contribution < -0.4 is 9.62 Å². The van der Waals surface area contributed by atoms with Gasteiger partial charge in [0.25, 0.3) is 0 Å². The average molecular weight is 298 g/mol. The highest BCUT2D eigenvalue weighted by Crippen LogP contribution is 2.20. The summed E-state index contributed by atoms with van der Waals surface area (Å²) >= 11 is 0. The van der Waals surface area contributed by atoms with Crippen LogP contribution >= 0.6 is 0 Å². The van der Waals surface area contributed by atoms with E-state index in [1.165, 1.54) is 0 Å². The van der Waals surface area contributed by atoms with Gasteiger partial charge in [0.05, 0.1) is 11.9 Å². The smallest absolute Gasteiger partial charge is 0.244 e. The number of anilines is 1. The maximum Gasteiger partial charge on any atom is 0.244 e. The zero-order valence-electron chi connectivity index (χ0n) is 12.5. The number of carbonyl (C=O) groups excluding carboxylic acids is 1. The largest absolute Gasteiger partial charge is 0.350 e. The van der Waals surface area contributed by atoms with E-state index in [0.29, 0.717) is 5.69 Å². The van der Waals surface area contributed by atoms with Crippen LogP contribution in [0.25, 0.3) is 0 Å². The molecular formula is C14H22N2O3S. The summed E-state index contributed by atoms with van der Waals surface area (Å²) in [6.45, 7) is 7.13. The summed E-state index contributed by atoms with van der Waals surface area (Å²) in [5.41, 5.74) is 0.0668. The molecule has 1 aromatic rings. The first kappa shape index (κ1) is 16.5. The monoisotopic (exact) mass is 298 g/mol. The number of carbonyl (C=O) groups is 1. The Balaban J connectivity index is 3.11. The van der Waals surface area contributed by atoms with E-state index < -0.39 is 21.6 Å². The Morgan fingerprint density at radius 2 is 1.70 bits per heavy atom. The molecule has 112 valence electrons. The van der Waals surface area contributed by atoms with E-state index in [1.807, 2.05) is 20.8 Å². The molecule has 0 saturated heterocycles. The summed E-state index contributed by atoms with van der Waals surface area (Å²) in [5.74, 6) is -0.327. The molecule has 1 amide bonds. The Morgan fingerprint density at radius 1 is 1.20 bits per heavy atom. The minimum absolute atomic E-state index is 0.327. The number of benzene rings is 1. The highest BCUT2D eigenvalue weighted by molar-refractivity contribution is 7.92. The van der Waals surface area contributed by atoms with Gasteiger partial charge in [-0.2, -0.15) is 0 Å². The predicted molar refractivity (Wildman–Crippen MR) is 81.1 cm³/mol. The van der Waals surface area contributed by atoms with E-state index >= 15 is 0 Å². The van der Waals surface area contributed by atoms with Crippen LogP contribution in [-0.4, -0.2) is 32.2 Å². The number of nitrogens with one attached hydrogen (secondary N) is 1. The number of hydrogen-bond acceptors (Lipinski definition) is 3. The van der Waals surface area contributed by atoms with Crippen LogP contribution in [0.1, 0.15) is 27.7 Å². The molecule has 0 aromatic heterocycles. The molecule has 0 heterocycles. The molecule has 6 heteroatoms. The Morgan fingerprint density at radius 3 is 2.10 bits per heavy atom. The normalized spacial score (nSPS) is 13.7. The molecular weight excluding hydrogens is 276 g/mol. The van der Waals surface area contributed by atoms with Crippen LogP contribution in [0.5, 0.6) is 0 Å². The van der Waals surface area contributed by atoms with Crippen molar-refractivity contribution in [1.82, 2.24) is 5.32 Å². The van der Waals surface area contributed by atoms with E-state index in [2.05, 4.69) is 5.32 Å². The number of rotatable bonds is 4. The van der Waals surface area contributed by atoms with E-state index in [1.54, 1.807) is 37.3 Å². The molecule has 1 atom stereocenters. The van der Waals surface area contributed by atoms with E-state index in [9.17, 15) is 13.2 Å². The second-order valence-corrected chi connectivity index (χ2v) is 7.67. The van der Waals surface area contributed by atoms with Gasteiger partial charge in [0, 0.05) is 5.54 Å². The molecule has 0 unspecified atom stereocenters. The summed E-state index contributed by atoms with van der Waals surface area (Å²) < 4.78 is 25.1. The Labute approximate surface area is 121 Å². The minimum atomic E-state index is -3.55. The molecule has 1 N–H and O–H groups in total. The first-order chi connectivity index (χ1) is 9.02. The molecule has 20 heavy (non-hydrogen) atoms. The molecule has 0 spiro atoms. The fourth-order valence-corrected chi connectivity index (χ4v) is 3.03. The number of nitrogens with zero attached hydrogens (tertiary/aromatic N) is 1. The minimum Gasteiger partial charge on any atom is -0.350 e. The van der Waals surface area contributed by atoms with E-state index in [-0.39, 0.29) is 5.91 Å². The predicted octanol–water partition coefficient (Wildman–Crippen LogP) is 1.76. The Kier molecular flexibility index (Phi) is 4.81. The lowest BCUT2D eigenvalue weighted by molar-refractivity contribution is -0.123. The van der Waals surface area contributed by atoms with Crippen LogP contribution in [0.4, 0.5) is 5.69 Å². The van der Waals surface area contributed by atoms with Crippen molar-refractivity contribution in [2.45, 2.75) is 39.3 Å². The van der Waals surface area contributed by atoms with Crippen LogP contribution in [0, 0.1) is 0 Å². The van der Waals surface area contributed by atoms with Gasteiger partial charge >= 0.3 is 0 Å². The van der Waals surface area contributed by atoms with Crippen molar-refractivity contribution in [3.05, 3.63) is 30.3 Å². The van der Waals surface area contributed by atoms with Gasteiger partial charge in [-0.05, 0) is 39.8 Å². The van der Waals surface area contributed by atoms with Gasteiger partial charge < -0.3 is 5.32 Å². The fourth-order valence-electron chi connectivity index (χ4n) is 1.86. The summed E-state index contributed by atoms with van der Waals surface area (Å²) in [6.07, 6.45) is 1.10. The number of para-hydroxylation sites is 1.